The molecule has 0 aliphatic rings. The minimum atomic E-state index is -1.00. The van der Waals surface area contributed by atoms with Crippen molar-refractivity contribution >= 4 is 23.1 Å². The Morgan fingerprint density at radius 1 is 1.36 bits per heavy atom. The quantitative estimate of drug-likeness (QED) is 0.219. The van der Waals surface area contributed by atoms with Gasteiger partial charge in [0, 0.05) is 20.6 Å². The Kier molecular flexibility index (Phi) is 6.87. The first-order valence-electron chi connectivity index (χ1n) is 7.29. The fourth-order valence-electron chi connectivity index (χ4n) is 1.91. The van der Waals surface area contributed by atoms with Gasteiger partial charge < -0.3 is 27.3 Å². The number of carboxylic acids is 1. The summed E-state index contributed by atoms with van der Waals surface area (Å²) in [5.41, 5.74) is 15.3. The van der Waals surface area contributed by atoms with Crippen molar-refractivity contribution in [2.75, 3.05) is 6.54 Å². The summed E-state index contributed by atoms with van der Waals surface area (Å²) in [4.78, 5) is 43.3. The number of rotatable bonds is 5. The Balaban J connectivity index is 0.000000252. The molecule has 1 atom stereocenters. The zero-order valence-corrected chi connectivity index (χ0v) is 14.0. The van der Waals surface area contributed by atoms with Crippen LogP contribution in [0.25, 0.3) is 11.2 Å². The number of carboxylic acid groups (broad SMARTS) is 1. The number of aromatic amines is 1. The largest absolute Gasteiger partial charge is 0.480 e. The fraction of sp³-hybridized carbons (Fsp3) is 0.462. The van der Waals surface area contributed by atoms with Crippen LogP contribution >= 0.6 is 0 Å². The normalized spacial score (nSPS) is 11.5. The Bertz CT molecular complexity index is 874. The van der Waals surface area contributed by atoms with E-state index in [0.717, 1.165) is 4.57 Å². The first-order valence-corrected chi connectivity index (χ1v) is 7.29. The molecule has 0 aliphatic heterocycles. The molecular weight excluding hydrogens is 332 g/mol. The van der Waals surface area contributed by atoms with Crippen molar-refractivity contribution in [1.29, 1.82) is 0 Å². The standard InChI is InChI=1S/C7H8N4O2.C6H14N4O2/c1-10-5-4(8-3-9-5)6(12)11(2)7(10)13;7-4(5(11)12)2-1-3-10-6(8)9/h3H,1-2H3,(H,8,9);4H,1-3,7H2,(H,11,12)(H4,8,9,10)/t;4-/m.0/s1. The minimum Gasteiger partial charge on any atom is -0.480 e. The number of aryl methyl sites for hydroxylation is 1. The zero-order valence-electron chi connectivity index (χ0n) is 14.0. The van der Waals surface area contributed by atoms with Crippen LogP contribution in [0, 0.1) is 0 Å². The van der Waals surface area contributed by atoms with Gasteiger partial charge in [-0.2, -0.15) is 0 Å². The first-order chi connectivity index (χ1) is 11.7. The van der Waals surface area contributed by atoms with Gasteiger partial charge in [0.05, 0.1) is 6.33 Å². The third-order valence-electron chi connectivity index (χ3n) is 3.31. The second-order valence-corrected chi connectivity index (χ2v) is 5.20. The van der Waals surface area contributed by atoms with Gasteiger partial charge in [-0.25, -0.2) is 9.78 Å². The summed E-state index contributed by atoms with van der Waals surface area (Å²) in [7, 11) is 3.01. The van der Waals surface area contributed by atoms with E-state index in [9.17, 15) is 14.4 Å². The number of nitrogens with zero attached hydrogens (tertiary/aromatic N) is 4. The van der Waals surface area contributed by atoms with Gasteiger partial charge in [0.25, 0.3) is 5.56 Å². The van der Waals surface area contributed by atoms with E-state index in [1.807, 2.05) is 0 Å². The van der Waals surface area contributed by atoms with Crippen molar-refractivity contribution in [3.8, 4) is 0 Å². The predicted octanol–water partition coefficient (Wildman–Crippen LogP) is -2.59. The Hall–Kier alpha value is -3.15. The van der Waals surface area contributed by atoms with Gasteiger partial charge in [-0.1, -0.05) is 0 Å². The van der Waals surface area contributed by atoms with Crippen LogP contribution < -0.4 is 28.5 Å². The Morgan fingerprint density at radius 3 is 2.56 bits per heavy atom. The number of nitrogens with one attached hydrogen (secondary N) is 1. The summed E-state index contributed by atoms with van der Waals surface area (Å²) in [5, 5.41) is 8.38. The lowest BCUT2D eigenvalue weighted by Gasteiger charge is -2.03. The molecule has 0 radical (unpaired) electrons. The van der Waals surface area contributed by atoms with Crippen LogP contribution in [0.4, 0.5) is 0 Å². The highest BCUT2D eigenvalue weighted by atomic mass is 16.4. The van der Waals surface area contributed by atoms with Crippen LogP contribution in [0.15, 0.2) is 20.9 Å². The van der Waals surface area contributed by atoms with Gasteiger partial charge in [0.1, 0.15) is 11.6 Å². The summed E-state index contributed by atoms with van der Waals surface area (Å²) in [6, 6.07) is -0.820. The summed E-state index contributed by atoms with van der Waals surface area (Å²) in [6.07, 6.45) is 2.35. The van der Waals surface area contributed by atoms with Crippen LogP contribution in [0.2, 0.25) is 0 Å². The zero-order chi connectivity index (χ0) is 19.1. The van der Waals surface area contributed by atoms with Crippen LogP contribution in [0.1, 0.15) is 12.8 Å². The van der Waals surface area contributed by atoms with E-state index in [1.165, 1.54) is 17.9 Å². The van der Waals surface area contributed by atoms with Crippen molar-refractivity contribution in [3.05, 3.63) is 27.2 Å². The lowest BCUT2D eigenvalue weighted by molar-refractivity contribution is -0.138. The molecule has 2 aromatic rings. The summed E-state index contributed by atoms with van der Waals surface area (Å²) in [6.45, 7) is 0.420. The van der Waals surface area contributed by atoms with E-state index in [1.54, 1.807) is 7.05 Å². The number of fused-ring (bicyclic) bond motifs is 1. The summed E-state index contributed by atoms with van der Waals surface area (Å²) in [5.74, 6) is -0.987. The maximum absolute atomic E-state index is 11.4. The number of aromatic nitrogens is 4. The Labute approximate surface area is 142 Å². The number of aliphatic carboxylic acids is 1. The second kappa shape index (κ2) is 8.63. The van der Waals surface area contributed by atoms with Crippen LogP contribution in [0.5, 0.6) is 0 Å². The highest BCUT2D eigenvalue weighted by Crippen LogP contribution is 1.97. The molecule has 0 spiro atoms. The highest BCUT2D eigenvalue weighted by molar-refractivity contribution is 5.75. The van der Waals surface area contributed by atoms with Crippen molar-refractivity contribution in [2.24, 2.45) is 36.3 Å². The molecule has 138 valence electrons. The molecule has 0 fully saturated rings. The number of nitrogens with two attached hydrogens (primary N) is 3. The molecule has 0 saturated heterocycles. The number of aliphatic imine (C=N–C) groups is 1. The molecule has 25 heavy (non-hydrogen) atoms. The SMILES string of the molecule is Cn1c(=O)c2[nH]cnc2n(C)c1=O.NC(N)=NCCC[C@H](N)C(=O)O. The van der Waals surface area contributed by atoms with Gasteiger partial charge in [-0.15, -0.1) is 0 Å². The van der Waals surface area contributed by atoms with E-state index >= 15 is 0 Å². The molecule has 2 aromatic heterocycles. The number of hydrogen-bond acceptors (Lipinski definition) is 6. The van der Waals surface area contributed by atoms with E-state index in [4.69, 9.17) is 22.3 Å². The molecule has 0 aromatic carbocycles. The summed E-state index contributed by atoms with van der Waals surface area (Å²) >= 11 is 0. The predicted molar refractivity (Wildman–Crippen MR) is 92.1 cm³/mol. The number of H-pyrrole nitrogens is 1. The van der Waals surface area contributed by atoms with E-state index in [0.29, 0.717) is 30.6 Å². The fourth-order valence-corrected chi connectivity index (χ4v) is 1.91. The minimum absolute atomic E-state index is 0.0129. The topological polar surface area (TPSA) is 200 Å². The molecule has 8 N–H and O–H groups in total. The number of imidazole rings is 1. The van der Waals surface area contributed by atoms with Gasteiger partial charge in [0.2, 0.25) is 0 Å². The van der Waals surface area contributed by atoms with Crippen LogP contribution in [-0.4, -0.2) is 48.7 Å². The maximum atomic E-state index is 11.4. The van der Waals surface area contributed by atoms with E-state index < -0.39 is 12.0 Å². The lowest BCUT2D eigenvalue weighted by atomic mass is 10.2. The molecule has 2 rings (SSSR count). The van der Waals surface area contributed by atoms with Crippen molar-refractivity contribution in [1.82, 2.24) is 19.1 Å². The van der Waals surface area contributed by atoms with Gasteiger partial charge in [-0.3, -0.25) is 23.7 Å². The molecular formula is C13H22N8O4. The van der Waals surface area contributed by atoms with Crippen molar-refractivity contribution in [2.45, 2.75) is 18.9 Å². The van der Waals surface area contributed by atoms with Crippen LogP contribution in [0.3, 0.4) is 0 Å². The number of hydrogen-bond donors (Lipinski definition) is 5. The smallest absolute Gasteiger partial charge is 0.332 e. The van der Waals surface area contributed by atoms with Gasteiger partial charge in [0.15, 0.2) is 11.6 Å². The lowest BCUT2D eigenvalue weighted by Crippen LogP contribution is -2.36. The number of guanidine groups is 1. The molecule has 0 amide bonds. The average molecular weight is 354 g/mol. The molecule has 0 unspecified atom stereocenters. The molecule has 0 aliphatic carbocycles. The van der Waals surface area contributed by atoms with Gasteiger partial charge >= 0.3 is 11.7 Å². The third kappa shape index (κ3) is 5.17. The second-order valence-electron chi connectivity index (χ2n) is 5.20. The van der Waals surface area contributed by atoms with E-state index in [2.05, 4.69) is 15.0 Å². The Morgan fingerprint density at radius 2 is 2.00 bits per heavy atom. The molecule has 0 bridgehead atoms. The van der Waals surface area contributed by atoms with E-state index in [-0.39, 0.29) is 17.2 Å². The third-order valence-corrected chi connectivity index (χ3v) is 3.31. The molecule has 12 nitrogen and oxygen atoms in total. The number of carbonyl (C=O) groups is 1. The average Bonchev–Trinajstić information content (AvgIpc) is 3.05. The van der Waals surface area contributed by atoms with Crippen molar-refractivity contribution in [3.63, 3.8) is 0 Å². The summed E-state index contributed by atoms with van der Waals surface area (Å²) < 4.78 is 2.37. The molecule has 12 heteroatoms. The van der Waals surface area contributed by atoms with Crippen LogP contribution in [-0.2, 0) is 18.9 Å². The highest BCUT2D eigenvalue weighted by Gasteiger charge is 2.10. The van der Waals surface area contributed by atoms with Gasteiger partial charge in [-0.05, 0) is 12.8 Å². The monoisotopic (exact) mass is 354 g/mol. The maximum Gasteiger partial charge on any atom is 0.332 e. The molecule has 0 saturated carbocycles. The first kappa shape index (κ1) is 19.9. The van der Waals surface area contributed by atoms with Crippen molar-refractivity contribution < 1.29 is 9.90 Å². The molecule has 2 heterocycles.